The molecule has 0 saturated carbocycles. The monoisotopic (exact) mass is 286 g/mol. The Kier molecular flexibility index (Phi) is 6.27. The number of methoxy groups -OCH3 is 1. The summed E-state index contributed by atoms with van der Waals surface area (Å²) in [6.45, 7) is 3.16. The van der Waals surface area contributed by atoms with E-state index in [1.807, 2.05) is 6.92 Å². The minimum absolute atomic E-state index is 0.0674. The van der Waals surface area contributed by atoms with E-state index in [1.54, 1.807) is 4.90 Å². The van der Waals surface area contributed by atoms with Gasteiger partial charge in [-0.1, -0.05) is 6.92 Å². The first-order valence-corrected chi connectivity index (χ1v) is 6.83. The van der Waals surface area contributed by atoms with Crippen LogP contribution in [-0.2, 0) is 14.3 Å². The second-order valence-electron chi connectivity index (χ2n) is 4.88. The summed E-state index contributed by atoms with van der Waals surface area (Å²) in [7, 11) is 1.29. The predicted octanol–water partition coefficient (Wildman–Crippen LogP) is 0.788. The summed E-state index contributed by atoms with van der Waals surface area (Å²) in [5.74, 6) is -1.64. The van der Waals surface area contributed by atoms with Crippen LogP contribution >= 0.6 is 0 Å². The first-order valence-electron chi connectivity index (χ1n) is 6.83. The van der Waals surface area contributed by atoms with E-state index in [4.69, 9.17) is 5.11 Å². The van der Waals surface area contributed by atoms with E-state index in [2.05, 4.69) is 4.74 Å². The van der Waals surface area contributed by atoms with E-state index < -0.39 is 11.9 Å². The molecule has 20 heavy (non-hydrogen) atoms. The second-order valence-corrected chi connectivity index (χ2v) is 4.88. The quantitative estimate of drug-likeness (QED) is 0.755. The van der Waals surface area contributed by atoms with Gasteiger partial charge >= 0.3 is 18.0 Å². The molecular formula is C13H22N2O5. The number of esters is 1. The average Bonchev–Trinajstić information content (AvgIpc) is 2.46. The topological polar surface area (TPSA) is 87.2 Å². The lowest BCUT2D eigenvalue weighted by atomic mass is 9.97. The Morgan fingerprint density at radius 2 is 1.90 bits per heavy atom. The minimum Gasteiger partial charge on any atom is -0.481 e. The fraction of sp³-hybridized carbons (Fsp3) is 0.769. The lowest BCUT2D eigenvalue weighted by molar-refractivity contribution is -0.143. The van der Waals surface area contributed by atoms with E-state index in [-0.39, 0.29) is 18.5 Å². The lowest BCUT2D eigenvalue weighted by Gasteiger charge is -2.34. The van der Waals surface area contributed by atoms with Crippen LogP contribution in [0, 0.1) is 5.92 Å². The highest BCUT2D eigenvalue weighted by Crippen LogP contribution is 2.18. The van der Waals surface area contributed by atoms with Gasteiger partial charge < -0.3 is 19.6 Å². The number of carbonyl (C=O) groups is 3. The molecule has 7 heteroatoms. The molecule has 0 aromatic rings. The Morgan fingerprint density at radius 3 is 2.35 bits per heavy atom. The highest BCUT2D eigenvalue weighted by atomic mass is 16.5. The van der Waals surface area contributed by atoms with Crippen molar-refractivity contribution in [1.29, 1.82) is 0 Å². The maximum Gasteiger partial charge on any atom is 0.325 e. The highest BCUT2D eigenvalue weighted by molar-refractivity contribution is 5.81. The van der Waals surface area contributed by atoms with Gasteiger partial charge in [0.25, 0.3) is 0 Å². The lowest BCUT2D eigenvalue weighted by Crippen LogP contribution is -2.49. The Labute approximate surface area is 118 Å². The van der Waals surface area contributed by atoms with Gasteiger partial charge in [0, 0.05) is 19.6 Å². The molecule has 1 fully saturated rings. The van der Waals surface area contributed by atoms with Crippen molar-refractivity contribution >= 4 is 18.0 Å². The van der Waals surface area contributed by atoms with Crippen LogP contribution in [0.25, 0.3) is 0 Å². The highest BCUT2D eigenvalue weighted by Gasteiger charge is 2.29. The van der Waals surface area contributed by atoms with Gasteiger partial charge in [-0.25, -0.2) is 4.79 Å². The molecule has 0 atom stereocenters. The van der Waals surface area contributed by atoms with E-state index in [0.717, 1.165) is 6.42 Å². The van der Waals surface area contributed by atoms with Gasteiger partial charge in [0.05, 0.1) is 13.0 Å². The van der Waals surface area contributed by atoms with Crippen LogP contribution in [0.5, 0.6) is 0 Å². The van der Waals surface area contributed by atoms with E-state index in [0.29, 0.717) is 32.5 Å². The van der Waals surface area contributed by atoms with Crippen molar-refractivity contribution in [2.24, 2.45) is 5.92 Å². The average molecular weight is 286 g/mol. The third-order valence-corrected chi connectivity index (χ3v) is 3.43. The molecule has 0 aromatic carbocycles. The van der Waals surface area contributed by atoms with E-state index in [9.17, 15) is 14.4 Å². The van der Waals surface area contributed by atoms with Gasteiger partial charge in [0.1, 0.15) is 6.54 Å². The summed E-state index contributed by atoms with van der Waals surface area (Å²) in [5, 5.41) is 8.93. The van der Waals surface area contributed by atoms with Gasteiger partial charge in [-0.15, -0.1) is 0 Å². The van der Waals surface area contributed by atoms with Crippen molar-refractivity contribution in [3.05, 3.63) is 0 Å². The van der Waals surface area contributed by atoms with Gasteiger partial charge in [0.15, 0.2) is 0 Å². The van der Waals surface area contributed by atoms with Crippen LogP contribution < -0.4 is 0 Å². The van der Waals surface area contributed by atoms with Crippen molar-refractivity contribution in [3.8, 4) is 0 Å². The maximum atomic E-state index is 12.3. The number of nitrogens with zero attached hydrogens (tertiary/aromatic N) is 2. The first kappa shape index (κ1) is 16.3. The number of ether oxygens (including phenoxy) is 1. The standard InChI is InChI=1S/C13H22N2O5/c1-3-6-15(9-11(16)20-2)13(19)14-7-4-10(5-8-14)12(17)18/h10H,3-9H2,1-2H3,(H,17,18). The van der Waals surface area contributed by atoms with Crippen LogP contribution in [0.3, 0.4) is 0 Å². The Balaban J connectivity index is 2.57. The molecule has 7 nitrogen and oxygen atoms in total. The Bertz CT molecular complexity index is 364. The summed E-state index contributed by atoms with van der Waals surface area (Å²) in [6, 6.07) is -0.221. The molecule has 2 amide bonds. The normalized spacial score (nSPS) is 15.8. The fourth-order valence-electron chi connectivity index (χ4n) is 2.25. The number of urea groups is 1. The zero-order chi connectivity index (χ0) is 15.1. The number of likely N-dealkylation sites (tertiary alicyclic amines) is 1. The molecule has 114 valence electrons. The number of hydrogen-bond donors (Lipinski definition) is 1. The van der Waals surface area contributed by atoms with Gasteiger partial charge in [-0.2, -0.15) is 0 Å². The van der Waals surface area contributed by atoms with Crippen molar-refractivity contribution < 1.29 is 24.2 Å². The van der Waals surface area contributed by atoms with Crippen molar-refractivity contribution in [3.63, 3.8) is 0 Å². The number of rotatable bonds is 5. The summed E-state index contributed by atoms with van der Waals surface area (Å²) in [5.41, 5.74) is 0. The number of aliphatic carboxylic acids is 1. The molecule has 1 aliphatic heterocycles. The third kappa shape index (κ3) is 4.40. The largest absolute Gasteiger partial charge is 0.481 e. The zero-order valence-electron chi connectivity index (χ0n) is 12.0. The summed E-state index contributed by atoms with van der Waals surface area (Å²) in [4.78, 5) is 37.6. The van der Waals surface area contributed by atoms with Crippen LogP contribution in [0.4, 0.5) is 4.79 Å². The SMILES string of the molecule is CCCN(CC(=O)OC)C(=O)N1CCC(C(=O)O)CC1. The van der Waals surface area contributed by atoms with Crippen LogP contribution in [0.1, 0.15) is 26.2 Å². The number of carboxylic acid groups (broad SMARTS) is 1. The summed E-state index contributed by atoms with van der Waals surface area (Å²) >= 11 is 0. The van der Waals surface area contributed by atoms with Gasteiger partial charge in [-0.05, 0) is 19.3 Å². The minimum atomic E-state index is -0.808. The molecular weight excluding hydrogens is 264 g/mol. The Morgan fingerprint density at radius 1 is 1.30 bits per heavy atom. The van der Waals surface area contributed by atoms with Crippen LogP contribution in [0.2, 0.25) is 0 Å². The van der Waals surface area contributed by atoms with Gasteiger partial charge in [0.2, 0.25) is 0 Å². The molecule has 0 bridgehead atoms. The Hall–Kier alpha value is -1.79. The molecule has 0 unspecified atom stereocenters. The first-order chi connectivity index (χ1) is 9.49. The van der Waals surface area contributed by atoms with E-state index >= 15 is 0 Å². The van der Waals surface area contributed by atoms with Crippen molar-refractivity contribution in [2.75, 3.05) is 33.3 Å². The second kappa shape index (κ2) is 7.72. The van der Waals surface area contributed by atoms with Crippen molar-refractivity contribution in [2.45, 2.75) is 26.2 Å². The molecule has 0 aromatic heterocycles. The number of carbonyl (C=O) groups excluding carboxylic acids is 2. The smallest absolute Gasteiger partial charge is 0.325 e. The van der Waals surface area contributed by atoms with Crippen molar-refractivity contribution in [1.82, 2.24) is 9.80 Å². The zero-order valence-corrected chi connectivity index (χ0v) is 12.0. The number of carboxylic acids is 1. The molecule has 1 N–H and O–H groups in total. The molecule has 1 aliphatic rings. The predicted molar refractivity (Wildman–Crippen MR) is 71.2 cm³/mol. The van der Waals surface area contributed by atoms with Crippen LogP contribution in [0.15, 0.2) is 0 Å². The summed E-state index contributed by atoms with van der Waals surface area (Å²) in [6.07, 6.45) is 1.66. The number of piperidine rings is 1. The van der Waals surface area contributed by atoms with Gasteiger partial charge in [-0.3, -0.25) is 9.59 Å². The third-order valence-electron chi connectivity index (χ3n) is 3.43. The molecule has 1 heterocycles. The maximum absolute atomic E-state index is 12.3. The summed E-state index contributed by atoms with van der Waals surface area (Å²) < 4.78 is 4.58. The van der Waals surface area contributed by atoms with E-state index in [1.165, 1.54) is 12.0 Å². The number of hydrogen-bond acceptors (Lipinski definition) is 4. The number of amides is 2. The van der Waals surface area contributed by atoms with Crippen LogP contribution in [-0.4, -0.2) is 66.2 Å². The molecule has 1 saturated heterocycles. The fourth-order valence-corrected chi connectivity index (χ4v) is 2.25. The molecule has 0 spiro atoms. The molecule has 1 rings (SSSR count). The molecule has 0 aliphatic carbocycles. The molecule has 0 radical (unpaired) electrons.